The van der Waals surface area contributed by atoms with Crippen LogP contribution in [0.25, 0.3) is 0 Å². The minimum Gasteiger partial charge on any atom is -0.378 e. The summed E-state index contributed by atoms with van der Waals surface area (Å²) < 4.78 is 5.75. The fourth-order valence-electron chi connectivity index (χ4n) is 3.83. The highest BCUT2D eigenvalue weighted by molar-refractivity contribution is 6.20. The van der Waals surface area contributed by atoms with Crippen LogP contribution in [0.15, 0.2) is 30.3 Å². The van der Waals surface area contributed by atoms with Gasteiger partial charge in [-0.2, -0.15) is 0 Å². The highest BCUT2D eigenvalue weighted by Crippen LogP contribution is 2.41. The predicted molar refractivity (Wildman–Crippen MR) is 84.4 cm³/mol. The van der Waals surface area contributed by atoms with Crippen LogP contribution in [-0.4, -0.2) is 18.1 Å². The maximum atomic E-state index is 6.58. The van der Waals surface area contributed by atoms with Crippen molar-refractivity contribution in [3.05, 3.63) is 35.9 Å². The molecule has 0 bridgehead atoms. The summed E-state index contributed by atoms with van der Waals surface area (Å²) in [5.74, 6) is 1.38. The molecular weight excluding hydrogens is 268 g/mol. The Kier molecular flexibility index (Phi) is 5.01. The first kappa shape index (κ1) is 14.4. The summed E-state index contributed by atoms with van der Waals surface area (Å²) in [5.41, 5.74) is 1.50. The van der Waals surface area contributed by atoms with Crippen LogP contribution in [0.5, 0.6) is 0 Å². The van der Waals surface area contributed by atoms with Crippen LogP contribution in [0.4, 0.5) is 0 Å². The van der Waals surface area contributed by atoms with Crippen molar-refractivity contribution in [1.29, 1.82) is 0 Å². The van der Waals surface area contributed by atoms with Crippen molar-refractivity contribution < 1.29 is 4.74 Å². The lowest BCUT2D eigenvalue weighted by Crippen LogP contribution is -2.25. The van der Waals surface area contributed by atoms with Crippen LogP contribution in [0, 0.1) is 5.92 Å². The topological polar surface area (TPSA) is 9.23 Å². The van der Waals surface area contributed by atoms with E-state index >= 15 is 0 Å². The fraction of sp³-hybridized carbons (Fsp3) is 0.667. The number of rotatable bonds is 4. The van der Waals surface area contributed by atoms with Gasteiger partial charge in [0.15, 0.2) is 0 Å². The van der Waals surface area contributed by atoms with Crippen LogP contribution in [0.3, 0.4) is 0 Å². The van der Waals surface area contributed by atoms with Gasteiger partial charge in [0.1, 0.15) is 0 Å². The number of alkyl halides is 1. The first-order valence-corrected chi connectivity index (χ1v) is 8.57. The fourth-order valence-corrected chi connectivity index (χ4v) is 4.18. The van der Waals surface area contributed by atoms with E-state index in [4.69, 9.17) is 16.3 Å². The minimum absolute atomic E-state index is 0.372. The summed E-state index contributed by atoms with van der Waals surface area (Å²) in [7, 11) is 0. The maximum Gasteiger partial charge on any atom is 0.0576 e. The average Bonchev–Trinajstić information content (AvgIpc) is 3.01. The summed E-state index contributed by atoms with van der Waals surface area (Å²) in [5, 5.41) is 0.372. The molecule has 3 rings (SSSR count). The van der Waals surface area contributed by atoms with Gasteiger partial charge in [-0.15, -0.1) is 11.6 Å². The van der Waals surface area contributed by atoms with Crippen LogP contribution in [-0.2, 0) is 4.74 Å². The molecular formula is C18H25ClO. The normalized spacial score (nSPS) is 34.2. The third-order valence-electron chi connectivity index (χ3n) is 5.04. The van der Waals surface area contributed by atoms with Crippen molar-refractivity contribution in [3.8, 4) is 0 Å². The Hall–Kier alpha value is -0.530. The van der Waals surface area contributed by atoms with E-state index in [1.807, 2.05) is 0 Å². The summed E-state index contributed by atoms with van der Waals surface area (Å²) >= 11 is 6.58. The molecule has 0 radical (unpaired) electrons. The molecule has 1 heterocycles. The van der Waals surface area contributed by atoms with Crippen LogP contribution < -0.4 is 0 Å². The third kappa shape index (κ3) is 3.56. The van der Waals surface area contributed by atoms with E-state index in [0.29, 0.717) is 23.3 Å². The molecule has 0 N–H and O–H groups in total. The van der Waals surface area contributed by atoms with Crippen LogP contribution in [0.1, 0.15) is 56.4 Å². The molecule has 1 nitrogen and oxygen atoms in total. The largest absolute Gasteiger partial charge is 0.378 e. The second kappa shape index (κ2) is 6.95. The lowest BCUT2D eigenvalue weighted by atomic mass is 9.76. The zero-order valence-electron chi connectivity index (χ0n) is 12.1. The van der Waals surface area contributed by atoms with Gasteiger partial charge in [0, 0.05) is 12.0 Å². The van der Waals surface area contributed by atoms with Crippen molar-refractivity contribution in [3.63, 3.8) is 0 Å². The molecule has 0 amide bonds. The minimum atomic E-state index is 0.372. The zero-order chi connectivity index (χ0) is 13.8. The first-order chi connectivity index (χ1) is 9.83. The summed E-state index contributed by atoms with van der Waals surface area (Å²) in [6.45, 7) is 0.965. The van der Waals surface area contributed by atoms with Crippen molar-refractivity contribution in [2.75, 3.05) is 6.61 Å². The highest BCUT2D eigenvalue weighted by atomic mass is 35.5. The molecule has 1 aliphatic heterocycles. The monoisotopic (exact) mass is 292 g/mol. The van der Waals surface area contributed by atoms with Crippen molar-refractivity contribution in [1.82, 2.24) is 0 Å². The van der Waals surface area contributed by atoms with Gasteiger partial charge in [0.2, 0.25) is 0 Å². The van der Waals surface area contributed by atoms with Gasteiger partial charge < -0.3 is 4.74 Å². The van der Waals surface area contributed by atoms with E-state index in [1.165, 1.54) is 44.1 Å². The highest BCUT2D eigenvalue weighted by Gasteiger charge is 2.30. The smallest absolute Gasteiger partial charge is 0.0576 e. The van der Waals surface area contributed by atoms with Crippen molar-refractivity contribution in [2.45, 2.75) is 62.3 Å². The SMILES string of the molecule is ClC1CCC(c2ccccc2)CC1CCC1CCCO1. The predicted octanol–water partition coefficient (Wildman–Crippen LogP) is 5.14. The molecule has 2 aliphatic rings. The van der Waals surface area contributed by atoms with Gasteiger partial charge in [-0.1, -0.05) is 30.3 Å². The molecule has 1 aliphatic carbocycles. The van der Waals surface area contributed by atoms with Crippen LogP contribution in [0.2, 0.25) is 0 Å². The Bertz CT molecular complexity index is 399. The number of benzene rings is 1. The number of hydrogen-bond donors (Lipinski definition) is 0. The van der Waals surface area contributed by atoms with E-state index in [1.54, 1.807) is 0 Å². The van der Waals surface area contributed by atoms with Crippen LogP contribution >= 0.6 is 11.6 Å². The Balaban J connectivity index is 1.55. The molecule has 2 fully saturated rings. The molecule has 1 aromatic carbocycles. The maximum absolute atomic E-state index is 6.58. The quantitative estimate of drug-likeness (QED) is 0.699. The Morgan fingerprint density at radius 3 is 2.65 bits per heavy atom. The standard InChI is InChI=1S/C18H25ClO/c19-18-11-9-15(14-5-2-1-3-6-14)13-16(18)8-10-17-7-4-12-20-17/h1-3,5-6,15-18H,4,7-13H2. The van der Waals surface area contributed by atoms with Gasteiger partial charge in [0.25, 0.3) is 0 Å². The van der Waals surface area contributed by atoms with E-state index < -0.39 is 0 Å². The molecule has 4 unspecified atom stereocenters. The third-order valence-corrected chi connectivity index (χ3v) is 5.62. The molecule has 1 aromatic rings. The Morgan fingerprint density at radius 1 is 1.05 bits per heavy atom. The molecule has 1 saturated carbocycles. The number of ether oxygens (including phenoxy) is 1. The van der Waals surface area contributed by atoms with E-state index in [9.17, 15) is 0 Å². The van der Waals surface area contributed by atoms with Gasteiger partial charge in [-0.25, -0.2) is 0 Å². The van der Waals surface area contributed by atoms with Gasteiger partial charge in [-0.3, -0.25) is 0 Å². The van der Waals surface area contributed by atoms with E-state index in [0.717, 1.165) is 13.0 Å². The van der Waals surface area contributed by atoms with Gasteiger partial charge >= 0.3 is 0 Å². The summed E-state index contributed by atoms with van der Waals surface area (Å²) in [4.78, 5) is 0. The summed E-state index contributed by atoms with van der Waals surface area (Å²) in [6, 6.07) is 11.0. The molecule has 1 saturated heterocycles. The molecule has 20 heavy (non-hydrogen) atoms. The molecule has 4 atom stereocenters. The molecule has 0 aromatic heterocycles. The summed E-state index contributed by atoms with van der Waals surface area (Å²) in [6.07, 6.45) is 9.11. The van der Waals surface area contributed by atoms with Gasteiger partial charge in [-0.05, 0) is 62.3 Å². The number of halogens is 1. The lowest BCUT2D eigenvalue weighted by Gasteiger charge is -2.33. The molecule has 2 heteroatoms. The van der Waals surface area contributed by atoms with E-state index in [-0.39, 0.29) is 0 Å². The number of hydrogen-bond acceptors (Lipinski definition) is 1. The Morgan fingerprint density at radius 2 is 1.90 bits per heavy atom. The first-order valence-electron chi connectivity index (χ1n) is 8.13. The van der Waals surface area contributed by atoms with Crippen molar-refractivity contribution in [2.24, 2.45) is 5.92 Å². The van der Waals surface area contributed by atoms with Crippen molar-refractivity contribution >= 4 is 11.6 Å². The van der Waals surface area contributed by atoms with E-state index in [2.05, 4.69) is 30.3 Å². The second-order valence-corrected chi connectivity index (χ2v) is 6.97. The lowest BCUT2D eigenvalue weighted by molar-refractivity contribution is 0.0955. The Labute approximate surface area is 127 Å². The molecule has 0 spiro atoms. The van der Waals surface area contributed by atoms with Gasteiger partial charge in [0.05, 0.1) is 6.10 Å². The average molecular weight is 293 g/mol. The zero-order valence-corrected chi connectivity index (χ0v) is 12.9. The molecule has 110 valence electrons. The second-order valence-electron chi connectivity index (χ2n) is 6.41.